The molecule has 1 aliphatic heterocycles. The Bertz CT molecular complexity index is 1170. The van der Waals surface area contributed by atoms with Crippen LogP contribution in [0, 0.1) is 13.8 Å². The van der Waals surface area contributed by atoms with E-state index in [0.29, 0.717) is 11.4 Å². The van der Waals surface area contributed by atoms with E-state index in [2.05, 4.69) is 16.7 Å². The van der Waals surface area contributed by atoms with Crippen molar-refractivity contribution in [2.24, 2.45) is 0 Å². The normalized spacial score (nSPS) is 14.3. The molecular formula is C24H20N2O3S. The minimum atomic E-state index is -0.285. The lowest BCUT2D eigenvalue weighted by Crippen LogP contribution is -2.23. The molecule has 0 fully saturated rings. The third-order valence-electron chi connectivity index (χ3n) is 4.41. The van der Waals surface area contributed by atoms with Crippen LogP contribution in [0.4, 0.5) is 11.4 Å². The standard InChI is InChI=1S/C24H20N2O3S/c1-15-9-16(2)11-18(10-15)25-23(27)8-7-17-12-19(30-14-17)13-22-24(28)26-20-5-3-4-6-21(20)29-22/h3-14H,1-2H3,(H,25,27)(H,26,28)/b8-7+,22-13-. The first-order valence-corrected chi connectivity index (χ1v) is 10.3. The van der Waals surface area contributed by atoms with E-state index in [1.165, 1.54) is 17.4 Å². The van der Waals surface area contributed by atoms with Crippen molar-refractivity contribution in [3.63, 3.8) is 0 Å². The lowest BCUT2D eigenvalue weighted by Gasteiger charge is -2.19. The Morgan fingerprint density at radius 1 is 1.10 bits per heavy atom. The van der Waals surface area contributed by atoms with E-state index in [-0.39, 0.29) is 17.6 Å². The topological polar surface area (TPSA) is 67.4 Å². The monoisotopic (exact) mass is 416 g/mol. The summed E-state index contributed by atoms with van der Waals surface area (Å²) in [6.45, 7) is 3.99. The number of benzene rings is 2. The first kappa shape index (κ1) is 19.7. The van der Waals surface area contributed by atoms with Gasteiger partial charge in [-0.15, -0.1) is 11.3 Å². The van der Waals surface area contributed by atoms with Crippen LogP contribution >= 0.6 is 11.3 Å². The van der Waals surface area contributed by atoms with Crippen molar-refractivity contribution in [2.75, 3.05) is 10.6 Å². The fraction of sp³-hybridized carbons (Fsp3) is 0.0833. The second-order valence-electron chi connectivity index (χ2n) is 7.04. The minimum absolute atomic E-state index is 0.197. The molecule has 2 amide bonds. The van der Waals surface area contributed by atoms with Gasteiger partial charge in [0.05, 0.1) is 5.69 Å². The molecule has 2 aromatic carbocycles. The average molecular weight is 417 g/mol. The lowest BCUT2D eigenvalue weighted by molar-refractivity contribution is -0.115. The van der Waals surface area contributed by atoms with Crippen molar-refractivity contribution < 1.29 is 14.3 Å². The van der Waals surface area contributed by atoms with E-state index in [0.717, 1.165) is 27.3 Å². The van der Waals surface area contributed by atoms with Crippen LogP contribution < -0.4 is 15.4 Å². The van der Waals surface area contributed by atoms with Gasteiger partial charge >= 0.3 is 0 Å². The average Bonchev–Trinajstić information content (AvgIpc) is 3.13. The van der Waals surface area contributed by atoms with Crippen LogP contribution in [0.2, 0.25) is 0 Å². The van der Waals surface area contributed by atoms with Gasteiger partial charge in [0.25, 0.3) is 5.91 Å². The van der Waals surface area contributed by atoms with E-state index in [1.54, 1.807) is 24.3 Å². The molecule has 2 heterocycles. The molecule has 1 aromatic heterocycles. The van der Waals surface area contributed by atoms with Crippen molar-refractivity contribution >= 4 is 46.7 Å². The van der Waals surface area contributed by atoms with Gasteiger partial charge in [-0.2, -0.15) is 0 Å². The molecular weight excluding hydrogens is 396 g/mol. The van der Waals surface area contributed by atoms with Gasteiger partial charge in [-0.05, 0) is 72.3 Å². The molecule has 0 atom stereocenters. The molecule has 0 aliphatic carbocycles. The molecule has 2 N–H and O–H groups in total. The SMILES string of the molecule is Cc1cc(C)cc(NC(=O)/C=C/c2csc(/C=C3\Oc4ccccc4NC3=O)c2)c1. The molecule has 0 saturated heterocycles. The van der Waals surface area contributed by atoms with Crippen LogP contribution in [-0.2, 0) is 9.59 Å². The van der Waals surface area contributed by atoms with Crippen LogP contribution in [0.3, 0.4) is 0 Å². The Labute approximate surface area is 178 Å². The van der Waals surface area contributed by atoms with Gasteiger partial charge in [0, 0.05) is 22.7 Å². The number of anilines is 2. The largest absolute Gasteiger partial charge is 0.449 e. The van der Waals surface area contributed by atoms with Gasteiger partial charge in [0.15, 0.2) is 11.5 Å². The lowest BCUT2D eigenvalue weighted by atomic mass is 10.1. The fourth-order valence-electron chi connectivity index (χ4n) is 3.17. The number of hydrogen-bond donors (Lipinski definition) is 2. The smallest absolute Gasteiger partial charge is 0.291 e. The third-order valence-corrected chi connectivity index (χ3v) is 5.31. The summed E-state index contributed by atoms with van der Waals surface area (Å²) < 4.78 is 5.71. The predicted molar refractivity (Wildman–Crippen MR) is 122 cm³/mol. The summed E-state index contributed by atoms with van der Waals surface area (Å²) in [6.07, 6.45) is 4.94. The number of thiophene rings is 1. The van der Waals surface area contributed by atoms with Gasteiger partial charge in [-0.3, -0.25) is 9.59 Å². The molecule has 3 aromatic rings. The van der Waals surface area contributed by atoms with Gasteiger partial charge in [-0.1, -0.05) is 18.2 Å². The van der Waals surface area contributed by atoms with Crippen molar-refractivity contribution in [2.45, 2.75) is 13.8 Å². The fourth-order valence-corrected chi connectivity index (χ4v) is 3.96. The summed E-state index contributed by atoms with van der Waals surface area (Å²) in [6, 6.07) is 15.1. The quantitative estimate of drug-likeness (QED) is 0.561. The number of aryl methyl sites for hydroxylation is 2. The minimum Gasteiger partial charge on any atom is -0.449 e. The van der Waals surface area contributed by atoms with Gasteiger partial charge in [0.1, 0.15) is 0 Å². The first-order valence-electron chi connectivity index (χ1n) is 9.42. The third kappa shape index (κ3) is 4.67. The first-order chi connectivity index (χ1) is 14.5. The van der Waals surface area contributed by atoms with Crippen molar-refractivity contribution in [1.82, 2.24) is 0 Å². The maximum atomic E-state index is 12.2. The molecule has 0 radical (unpaired) electrons. The molecule has 4 rings (SSSR count). The van der Waals surface area contributed by atoms with Gasteiger partial charge in [-0.25, -0.2) is 0 Å². The number of ether oxygens (including phenoxy) is 1. The zero-order chi connectivity index (χ0) is 21.1. The number of fused-ring (bicyclic) bond motifs is 1. The Kier molecular flexibility index (Phi) is 5.50. The highest BCUT2D eigenvalue weighted by molar-refractivity contribution is 7.11. The van der Waals surface area contributed by atoms with Crippen LogP contribution in [0.5, 0.6) is 5.75 Å². The highest BCUT2D eigenvalue weighted by Crippen LogP contribution is 2.31. The number of rotatable bonds is 4. The molecule has 0 unspecified atom stereocenters. The summed E-state index contributed by atoms with van der Waals surface area (Å²) in [7, 11) is 0. The Hall–Kier alpha value is -3.64. The summed E-state index contributed by atoms with van der Waals surface area (Å²) in [4.78, 5) is 25.3. The summed E-state index contributed by atoms with van der Waals surface area (Å²) in [5, 5.41) is 7.61. The van der Waals surface area contributed by atoms with E-state index in [4.69, 9.17) is 4.74 Å². The summed E-state index contributed by atoms with van der Waals surface area (Å²) in [5.41, 5.74) is 4.50. The predicted octanol–water partition coefficient (Wildman–Crippen LogP) is 5.39. The molecule has 1 aliphatic rings. The highest BCUT2D eigenvalue weighted by atomic mass is 32.1. The van der Waals surface area contributed by atoms with Crippen molar-refractivity contribution in [3.05, 3.63) is 87.3 Å². The van der Waals surface area contributed by atoms with Crippen LogP contribution in [0.25, 0.3) is 12.2 Å². The number of para-hydroxylation sites is 2. The number of nitrogens with one attached hydrogen (secondary N) is 2. The van der Waals surface area contributed by atoms with Crippen molar-refractivity contribution in [1.29, 1.82) is 0 Å². The Morgan fingerprint density at radius 2 is 1.87 bits per heavy atom. The summed E-state index contributed by atoms with van der Waals surface area (Å²) in [5.74, 6) is 0.367. The maximum absolute atomic E-state index is 12.2. The van der Waals surface area contributed by atoms with E-state index in [9.17, 15) is 9.59 Å². The summed E-state index contributed by atoms with van der Waals surface area (Å²) >= 11 is 1.47. The molecule has 0 bridgehead atoms. The van der Waals surface area contributed by atoms with Gasteiger partial charge in [0.2, 0.25) is 5.91 Å². The molecule has 5 nitrogen and oxygen atoms in total. The number of amides is 2. The number of carbonyl (C=O) groups is 2. The molecule has 30 heavy (non-hydrogen) atoms. The molecule has 0 saturated carbocycles. The number of carbonyl (C=O) groups excluding carboxylic acids is 2. The second kappa shape index (κ2) is 8.39. The van der Waals surface area contributed by atoms with Crippen LogP contribution in [-0.4, -0.2) is 11.8 Å². The van der Waals surface area contributed by atoms with Gasteiger partial charge < -0.3 is 15.4 Å². The molecule has 0 spiro atoms. The van der Waals surface area contributed by atoms with E-state index < -0.39 is 0 Å². The molecule has 150 valence electrons. The zero-order valence-electron chi connectivity index (χ0n) is 16.6. The van der Waals surface area contributed by atoms with E-state index >= 15 is 0 Å². The van der Waals surface area contributed by atoms with Crippen LogP contribution in [0.1, 0.15) is 21.6 Å². The Balaban J connectivity index is 1.43. The van der Waals surface area contributed by atoms with Crippen LogP contribution in [0.15, 0.2) is 65.7 Å². The highest BCUT2D eigenvalue weighted by Gasteiger charge is 2.21. The second-order valence-corrected chi connectivity index (χ2v) is 7.99. The number of hydrogen-bond acceptors (Lipinski definition) is 4. The molecule has 6 heteroatoms. The maximum Gasteiger partial charge on any atom is 0.291 e. The van der Waals surface area contributed by atoms with Crippen molar-refractivity contribution in [3.8, 4) is 5.75 Å². The zero-order valence-corrected chi connectivity index (χ0v) is 17.4. The van der Waals surface area contributed by atoms with E-state index in [1.807, 2.05) is 49.6 Å². The Morgan fingerprint density at radius 3 is 2.67 bits per heavy atom.